The SMILES string of the molecule is COCCNCc1cc(Br)c(OCCOC)c(OC)c1. The predicted octanol–water partition coefficient (Wildman–Crippen LogP) is 2.22. The summed E-state index contributed by atoms with van der Waals surface area (Å²) >= 11 is 3.52. The van der Waals surface area contributed by atoms with E-state index in [1.165, 1.54) is 0 Å². The van der Waals surface area contributed by atoms with Crippen molar-refractivity contribution in [2.75, 3.05) is 47.7 Å². The lowest BCUT2D eigenvalue weighted by molar-refractivity contribution is 0.143. The number of hydrogen-bond acceptors (Lipinski definition) is 5. The first-order chi connectivity index (χ1) is 9.72. The normalized spacial score (nSPS) is 10.6. The molecule has 5 nitrogen and oxygen atoms in total. The fourth-order valence-electron chi connectivity index (χ4n) is 1.65. The van der Waals surface area contributed by atoms with Crippen LogP contribution in [0.5, 0.6) is 11.5 Å². The Labute approximate surface area is 128 Å². The first-order valence-electron chi connectivity index (χ1n) is 6.40. The average molecular weight is 348 g/mol. The van der Waals surface area contributed by atoms with Crippen molar-refractivity contribution in [1.82, 2.24) is 5.32 Å². The van der Waals surface area contributed by atoms with E-state index in [2.05, 4.69) is 21.2 Å². The Morgan fingerprint density at radius 1 is 1.05 bits per heavy atom. The topological polar surface area (TPSA) is 49.0 Å². The molecule has 0 aliphatic rings. The highest BCUT2D eigenvalue weighted by atomic mass is 79.9. The molecule has 0 spiro atoms. The van der Waals surface area contributed by atoms with Crippen molar-refractivity contribution in [3.05, 3.63) is 22.2 Å². The summed E-state index contributed by atoms with van der Waals surface area (Å²) in [5.41, 5.74) is 1.11. The van der Waals surface area contributed by atoms with Gasteiger partial charge in [0.1, 0.15) is 6.61 Å². The van der Waals surface area contributed by atoms with Crippen molar-refractivity contribution < 1.29 is 18.9 Å². The van der Waals surface area contributed by atoms with Crippen LogP contribution in [-0.2, 0) is 16.0 Å². The van der Waals surface area contributed by atoms with E-state index in [4.69, 9.17) is 18.9 Å². The van der Waals surface area contributed by atoms with Crippen molar-refractivity contribution in [1.29, 1.82) is 0 Å². The van der Waals surface area contributed by atoms with E-state index in [0.717, 1.165) is 23.1 Å². The lowest BCUT2D eigenvalue weighted by Gasteiger charge is -2.14. The molecule has 0 aliphatic carbocycles. The fraction of sp³-hybridized carbons (Fsp3) is 0.571. The van der Waals surface area contributed by atoms with Gasteiger partial charge in [-0.15, -0.1) is 0 Å². The summed E-state index contributed by atoms with van der Waals surface area (Å²) in [6.45, 7) is 3.27. The number of benzene rings is 1. The van der Waals surface area contributed by atoms with E-state index >= 15 is 0 Å². The van der Waals surface area contributed by atoms with E-state index in [9.17, 15) is 0 Å². The third-order valence-electron chi connectivity index (χ3n) is 2.64. The van der Waals surface area contributed by atoms with Crippen LogP contribution in [0.25, 0.3) is 0 Å². The van der Waals surface area contributed by atoms with Gasteiger partial charge in [-0.25, -0.2) is 0 Å². The Balaban J connectivity index is 2.68. The Bertz CT molecular complexity index is 401. The molecule has 0 amide bonds. The summed E-state index contributed by atoms with van der Waals surface area (Å²) in [4.78, 5) is 0. The third-order valence-corrected chi connectivity index (χ3v) is 3.22. The van der Waals surface area contributed by atoms with Crippen LogP contribution in [0.4, 0.5) is 0 Å². The largest absolute Gasteiger partial charge is 0.493 e. The number of nitrogens with one attached hydrogen (secondary N) is 1. The predicted molar refractivity (Wildman–Crippen MR) is 81.6 cm³/mol. The zero-order valence-corrected chi connectivity index (χ0v) is 13.8. The molecular formula is C14H22BrNO4. The van der Waals surface area contributed by atoms with Gasteiger partial charge in [0.15, 0.2) is 11.5 Å². The quantitative estimate of drug-likeness (QED) is 0.657. The van der Waals surface area contributed by atoms with Crippen molar-refractivity contribution in [2.45, 2.75) is 6.54 Å². The molecule has 1 rings (SSSR count). The van der Waals surface area contributed by atoms with Gasteiger partial charge in [0, 0.05) is 27.3 Å². The van der Waals surface area contributed by atoms with Gasteiger partial charge >= 0.3 is 0 Å². The first kappa shape index (κ1) is 17.2. The van der Waals surface area contributed by atoms with Gasteiger partial charge in [-0.05, 0) is 33.6 Å². The summed E-state index contributed by atoms with van der Waals surface area (Å²) in [5.74, 6) is 1.41. The summed E-state index contributed by atoms with van der Waals surface area (Å²) in [6.07, 6.45) is 0. The highest BCUT2D eigenvalue weighted by Gasteiger charge is 2.11. The maximum atomic E-state index is 5.66. The van der Waals surface area contributed by atoms with Gasteiger partial charge in [0.05, 0.1) is 24.8 Å². The molecule has 0 atom stereocenters. The number of halogens is 1. The number of rotatable bonds is 10. The zero-order chi connectivity index (χ0) is 14.8. The van der Waals surface area contributed by atoms with E-state index in [1.54, 1.807) is 21.3 Å². The Morgan fingerprint density at radius 2 is 1.80 bits per heavy atom. The Kier molecular flexibility index (Phi) is 8.60. The summed E-state index contributed by atoms with van der Waals surface area (Å²) in [6, 6.07) is 3.98. The molecule has 6 heteroatoms. The van der Waals surface area contributed by atoms with Gasteiger partial charge in [-0.2, -0.15) is 0 Å². The molecule has 0 bridgehead atoms. The van der Waals surface area contributed by atoms with Crippen LogP contribution in [0, 0.1) is 0 Å². The number of ether oxygens (including phenoxy) is 4. The second-order valence-corrected chi connectivity index (χ2v) is 4.97. The van der Waals surface area contributed by atoms with Crippen molar-refractivity contribution >= 4 is 15.9 Å². The molecule has 1 aromatic rings. The molecular weight excluding hydrogens is 326 g/mol. The standard InChI is InChI=1S/C14H22BrNO4/c1-17-5-4-16-10-11-8-12(15)14(13(9-11)19-3)20-7-6-18-2/h8-9,16H,4-7,10H2,1-3H3. The molecule has 0 saturated heterocycles. The minimum Gasteiger partial charge on any atom is -0.493 e. The van der Waals surface area contributed by atoms with Crippen LogP contribution in [0.1, 0.15) is 5.56 Å². The van der Waals surface area contributed by atoms with Gasteiger partial charge < -0.3 is 24.3 Å². The van der Waals surface area contributed by atoms with Gasteiger partial charge in [-0.3, -0.25) is 0 Å². The first-order valence-corrected chi connectivity index (χ1v) is 7.20. The molecule has 0 aromatic heterocycles. The lowest BCUT2D eigenvalue weighted by atomic mass is 10.2. The maximum absolute atomic E-state index is 5.66. The minimum absolute atomic E-state index is 0.483. The molecule has 1 aromatic carbocycles. The molecule has 0 heterocycles. The Morgan fingerprint density at radius 3 is 2.45 bits per heavy atom. The van der Waals surface area contributed by atoms with E-state index in [-0.39, 0.29) is 0 Å². The van der Waals surface area contributed by atoms with Crippen LogP contribution < -0.4 is 14.8 Å². The van der Waals surface area contributed by atoms with Crippen LogP contribution in [0.3, 0.4) is 0 Å². The number of methoxy groups -OCH3 is 3. The third kappa shape index (κ3) is 5.66. The molecule has 1 N–H and O–H groups in total. The zero-order valence-electron chi connectivity index (χ0n) is 12.2. The molecule has 0 radical (unpaired) electrons. The van der Waals surface area contributed by atoms with Crippen molar-refractivity contribution in [3.8, 4) is 11.5 Å². The average Bonchev–Trinajstić information content (AvgIpc) is 2.45. The smallest absolute Gasteiger partial charge is 0.175 e. The lowest BCUT2D eigenvalue weighted by Crippen LogP contribution is -2.18. The second kappa shape index (κ2) is 9.99. The fourth-order valence-corrected chi connectivity index (χ4v) is 2.25. The minimum atomic E-state index is 0.483. The molecule has 0 saturated carbocycles. The molecule has 0 aliphatic heterocycles. The van der Waals surface area contributed by atoms with Gasteiger partial charge in [0.25, 0.3) is 0 Å². The molecule has 114 valence electrons. The highest BCUT2D eigenvalue weighted by molar-refractivity contribution is 9.10. The van der Waals surface area contributed by atoms with Crippen molar-refractivity contribution in [2.24, 2.45) is 0 Å². The monoisotopic (exact) mass is 347 g/mol. The summed E-state index contributed by atoms with van der Waals surface area (Å²) in [5, 5.41) is 3.29. The highest BCUT2D eigenvalue weighted by Crippen LogP contribution is 2.36. The van der Waals surface area contributed by atoms with Gasteiger partial charge in [-0.1, -0.05) is 0 Å². The van der Waals surface area contributed by atoms with Crippen LogP contribution in [0.15, 0.2) is 16.6 Å². The summed E-state index contributed by atoms with van der Waals surface area (Å²) < 4.78 is 21.9. The van der Waals surface area contributed by atoms with Gasteiger partial charge in [0.2, 0.25) is 0 Å². The van der Waals surface area contributed by atoms with E-state index < -0.39 is 0 Å². The van der Waals surface area contributed by atoms with Crippen LogP contribution in [0.2, 0.25) is 0 Å². The van der Waals surface area contributed by atoms with E-state index in [1.807, 2.05) is 12.1 Å². The molecule has 20 heavy (non-hydrogen) atoms. The van der Waals surface area contributed by atoms with Crippen LogP contribution >= 0.6 is 15.9 Å². The van der Waals surface area contributed by atoms with Crippen molar-refractivity contribution in [3.63, 3.8) is 0 Å². The summed E-state index contributed by atoms with van der Waals surface area (Å²) in [7, 11) is 4.96. The van der Waals surface area contributed by atoms with E-state index in [0.29, 0.717) is 31.3 Å². The maximum Gasteiger partial charge on any atom is 0.175 e. The molecule has 0 fully saturated rings. The second-order valence-electron chi connectivity index (χ2n) is 4.12. The Hall–Kier alpha value is -0.820. The number of hydrogen-bond donors (Lipinski definition) is 1. The molecule has 0 unspecified atom stereocenters. The van der Waals surface area contributed by atoms with Crippen LogP contribution in [-0.4, -0.2) is 47.7 Å².